The molecule has 3 amide bonds. The minimum atomic E-state index is -1.43. The second-order valence-electron chi connectivity index (χ2n) is 14.4. The molecule has 1 spiro atoms. The Morgan fingerprint density at radius 2 is 1.84 bits per heavy atom. The molecule has 10 nitrogen and oxygen atoms in total. The lowest BCUT2D eigenvalue weighted by molar-refractivity contribution is -0.151. The number of methoxy groups -OCH3 is 1. The summed E-state index contributed by atoms with van der Waals surface area (Å²) >= 11 is 0. The second kappa shape index (κ2) is 12.9. The van der Waals surface area contributed by atoms with E-state index in [4.69, 9.17) is 14.2 Å². The molecule has 10 heteroatoms. The van der Waals surface area contributed by atoms with Gasteiger partial charge in [-0.3, -0.25) is 14.5 Å². The fourth-order valence-corrected chi connectivity index (χ4v) is 8.94. The van der Waals surface area contributed by atoms with Gasteiger partial charge in [0.25, 0.3) is 5.91 Å². The van der Waals surface area contributed by atoms with Crippen molar-refractivity contribution in [2.24, 2.45) is 11.8 Å². The van der Waals surface area contributed by atoms with Crippen LogP contribution in [0.15, 0.2) is 79.4 Å². The Bertz CT molecular complexity index is 1820. The molecule has 4 heterocycles. The topological polar surface area (TPSA) is 109 Å². The minimum absolute atomic E-state index is 0.0250. The largest absolute Gasteiger partial charge is 0.497 e. The van der Waals surface area contributed by atoms with Crippen LogP contribution in [-0.2, 0) is 43.0 Å². The molecule has 4 aliphatic heterocycles. The van der Waals surface area contributed by atoms with Crippen molar-refractivity contribution in [1.29, 1.82) is 0 Å². The normalized spacial score (nSPS) is 25.9. The van der Waals surface area contributed by atoms with Crippen molar-refractivity contribution in [3.8, 4) is 5.75 Å². The van der Waals surface area contributed by atoms with Gasteiger partial charge < -0.3 is 29.1 Å². The fraction of sp³-hybridized carbons (Fsp3) is 0.425. The summed E-state index contributed by atoms with van der Waals surface area (Å²) in [5.74, 6) is -0.311. The van der Waals surface area contributed by atoms with E-state index < -0.39 is 29.1 Å². The van der Waals surface area contributed by atoms with E-state index in [-0.39, 0.29) is 50.0 Å². The standard InChI is InChI=1S/C40H45N3O7/c1-6-17-42-33-16-13-29(41-18-19-49-38(41)47)21-32(33)40(37(42)46)25(2)36(39(3,4)28-11-14-31(48-5)15-12-28)34(50-40)22-35(45)43-23-27-10-8-7-9-26(27)20-30(43)24-44/h6-16,21,25,30,34,36,44H,1,17-20,22-24H2,2-5H3/t25-,30-,34+,36-,40+/m0/s1. The number of nitrogens with zero attached hydrogens (tertiary/aromatic N) is 3. The minimum Gasteiger partial charge on any atom is -0.497 e. The number of carbonyl (C=O) groups excluding carboxylic acids is 3. The van der Waals surface area contributed by atoms with Crippen LogP contribution in [0.1, 0.15) is 49.4 Å². The van der Waals surface area contributed by atoms with Crippen LogP contribution >= 0.6 is 0 Å². The van der Waals surface area contributed by atoms with Crippen LogP contribution in [-0.4, -0.2) is 73.5 Å². The average Bonchev–Trinajstić information content (AvgIpc) is 3.76. The molecule has 0 unspecified atom stereocenters. The summed E-state index contributed by atoms with van der Waals surface area (Å²) in [5, 5.41) is 10.4. The number of hydrogen-bond acceptors (Lipinski definition) is 7. The molecule has 4 aliphatic rings. The molecule has 7 rings (SSSR count). The predicted molar refractivity (Wildman–Crippen MR) is 189 cm³/mol. The quantitative estimate of drug-likeness (QED) is 0.304. The summed E-state index contributed by atoms with van der Waals surface area (Å²) in [5.41, 5.74) is 3.21. The lowest BCUT2D eigenvalue weighted by Gasteiger charge is -2.40. The van der Waals surface area contributed by atoms with Crippen molar-refractivity contribution >= 4 is 29.3 Å². The van der Waals surface area contributed by atoms with E-state index >= 15 is 0 Å². The van der Waals surface area contributed by atoms with E-state index in [2.05, 4.69) is 20.4 Å². The highest BCUT2D eigenvalue weighted by Gasteiger charge is 2.66. The molecule has 0 saturated carbocycles. The zero-order chi connectivity index (χ0) is 35.4. The van der Waals surface area contributed by atoms with Crippen LogP contribution in [0.3, 0.4) is 0 Å². The van der Waals surface area contributed by atoms with E-state index in [9.17, 15) is 19.5 Å². The zero-order valence-electron chi connectivity index (χ0n) is 29.1. The summed E-state index contributed by atoms with van der Waals surface area (Å²) in [6, 6.07) is 21.1. The third-order valence-corrected chi connectivity index (χ3v) is 11.5. The number of ether oxygens (including phenoxy) is 3. The van der Waals surface area contributed by atoms with E-state index in [1.165, 1.54) is 0 Å². The third-order valence-electron chi connectivity index (χ3n) is 11.5. The first-order valence-electron chi connectivity index (χ1n) is 17.4. The van der Waals surface area contributed by atoms with Crippen molar-refractivity contribution in [3.05, 3.63) is 102 Å². The molecular formula is C40H45N3O7. The highest BCUT2D eigenvalue weighted by atomic mass is 16.6. The molecule has 0 aliphatic carbocycles. The van der Waals surface area contributed by atoms with Gasteiger partial charge in [-0.05, 0) is 58.9 Å². The first-order valence-corrected chi connectivity index (χ1v) is 17.4. The van der Waals surface area contributed by atoms with Gasteiger partial charge in [0.2, 0.25) is 5.91 Å². The van der Waals surface area contributed by atoms with E-state index in [0.717, 1.165) is 22.4 Å². The number of amides is 3. The van der Waals surface area contributed by atoms with Crippen molar-refractivity contribution in [3.63, 3.8) is 0 Å². The summed E-state index contributed by atoms with van der Waals surface area (Å²) < 4.78 is 17.8. The number of hydrogen-bond donors (Lipinski definition) is 1. The molecule has 5 atom stereocenters. The van der Waals surface area contributed by atoms with Gasteiger partial charge in [-0.25, -0.2) is 4.79 Å². The van der Waals surface area contributed by atoms with E-state index in [1.807, 2.05) is 73.7 Å². The maximum absolute atomic E-state index is 14.8. The predicted octanol–water partition coefficient (Wildman–Crippen LogP) is 5.34. The van der Waals surface area contributed by atoms with Crippen molar-refractivity contribution in [2.45, 2.75) is 63.3 Å². The Hall–Kier alpha value is -4.67. The maximum Gasteiger partial charge on any atom is 0.414 e. The number of fused-ring (bicyclic) bond motifs is 3. The van der Waals surface area contributed by atoms with Gasteiger partial charge in [0, 0.05) is 36.2 Å². The molecule has 262 valence electrons. The molecule has 2 fully saturated rings. The monoisotopic (exact) mass is 679 g/mol. The van der Waals surface area contributed by atoms with Gasteiger partial charge in [0.1, 0.15) is 12.4 Å². The first kappa shape index (κ1) is 33.8. The molecule has 1 N–H and O–H groups in total. The Morgan fingerprint density at radius 1 is 1.10 bits per heavy atom. The van der Waals surface area contributed by atoms with Crippen LogP contribution < -0.4 is 14.5 Å². The lowest BCUT2D eigenvalue weighted by Crippen LogP contribution is -2.48. The molecule has 0 bridgehead atoms. The van der Waals surface area contributed by atoms with Gasteiger partial charge in [0.15, 0.2) is 5.60 Å². The van der Waals surface area contributed by atoms with Gasteiger partial charge in [-0.15, -0.1) is 6.58 Å². The second-order valence-corrected chi connectivity index (χ2v) is 14.4. The summed E-state index contributed by atoms with van der Waals surface area (Å²) in [4.78, 5) is 47.0. The van der Waals surface area contributed by atoms with Crippen LogP contribution in [0.25, 0.3) is 0 Å². The highest BCUT2D eigenvalue weighted by Crippen LogP contribution is 2.60. The van der Waals surface area contributed by atoms with Gasteiger partial charge in [-0.2, -0.15) is 0 Å². The van der Waals surface area contributed by atoms with Crippen LogP contribution in [0.4, 0.5) is 16.2 Å². The first-order chi connectivity index (χ1) is 24.0. The highest BCUT2D eigenvalue weighted by molar-refractivity contribution is 6.08. The molecule has 0 aromatic heterocycles. The number of aliphatic hydroxyl groups excluding tert-OH is 1. The molecular weight excluding hydrogens is 634 g/mol. The van der Waals surface area contributed by atoms with Crippen LogP contribution in [0.2, 0.25) is 0 Å². The molecule has 0 radical (unpaired) electrons. The smallest absolute Gasteiger partial charge is 0.414 e. The van der Waals surface area contributed by atoms with Gasteiger partial charge >= 0.3 is 6.09 Å². The van der Waals surface area contributed by atoms with Crippen molar-refractivity contribution in [2.75, 3.05) is 43.2 Å². The molecule has 50 heavy (non-hydrogen) atoms. The van der Waals surface area contributed by atoms with Crippen LogP contribution in [0, 0.1) is 11.8 Å². The average molecular weight is 680 g/mol. The lowest BCUT2D eigenvalue weighted by atomic mass is 9.63. The molecule has 3 aromatic carbocycles. The Morgan fingerprint density at radius 3 is 2.50 bits per heavy atom. The number of rotatable bonds is 9. The number of anilines is 2. The number of benzene rings is 3. The van der Waals surface area contributed by atoms with Crippen molar-refractivity contribution in [1.82, 2.24) is 4.90 Å². The molecule has 3 aromatic rings. The van der Waals surface area contributed by atoms with Crippen LogP contribution in [0.5, 0.6) is 5.75 Å². The number of aliphatic hydroxyl groups is 1. The van der Waals surface area contributed by atoms with Gasteiger partial charge in [0.05, 0.1) is 44.5 Å². The number of carbonyl (C=O) groups is 3. The molecule has 2 saturated heterocycles. The SMILES string of the molecule is C=CCN1C(=O)[C@]2(O[C@H](CC(=O)N3Cc4ccccc4C[C@H]3CO)[C@@H](C(C)(C)c3ccc(OC)cc3)[C@@H]2C)c2cc(N3CCOC3=O)ccc21. The maximum atomic E-state index is 14.8. The Balaban J connectivity index is 1.32. The summed E-state index contributed by atoms with van der Waals surface area (Å²) in [6.45, 7) is 11.4. The third kappa shape index (κ3) is 5.27. The summed E-state index contributed by atoms with van der Waals surface area (Å²) in [6.07, 6.45) is 1.18. The summed E-state index contributed by atoms with van der Waals surface area (Å²) in [7, 11) is 1.63. The van der Waals surface area contributed by atoms with E-state index in [0.29, 0.717) is 36.4 Å². The Kier molecular flexibility index (Phi) is 8.72. The van der Waals surface area contributed by atoms with Gasteiger partial charge in [-0.1, -0.05) is 63.2 Å². The number of cyclic esters (lactones) is 1. The fourth-order valence-electron chi connectivity index (χ4n) is 8.94. The zero-order valence-corrected chi connectivity index (χ0v) is 29.1. The van der Waals surface area contributed by atoms with E-state index in [1.54, 1.807) is 27.9 Å². The Labute approximate surface area is 293 Å². The van der Waals surface area contributed by atoms with Crippen molar-refractivity contribution < 1.29 is 33.7 Å².